The maximum Gasteiger partial charge on any atom is 0.330 e. The average Bonchev–Trinajstić information content (AvgIpc) is 2.64. The van der Waals surface area contributed by atoms with Crippen molar-refractivity contribution in [3.8, 4) is 5.75 Å². The monoisotopic (exact) mass is 396 g/mol. The van der Waals surface area contributed by atoms with Crippen molar-refractivity contribution in [2.24, 2.45) is 17.4 Å². The molecular formula is C22H28N4O3. The Labute approximate surface area is 170 Å². The molecule has 154 valence electrons. The SMILES string of the molecule is CCOc1cc(C(Nc2ccc(C(=N)N)cc2)C(=O)O)cc(C(N)C2CCC2)c1. The zero-order valence-corrected chi connectivity index (χ0v) is 16.5. The van der Waals surface area contributed by atoms with E-state index in [1.807, 2.05) is 19.1 Å². The normalized spacial score (nSPS) is 15.8. The van der Waals surface area contributed by atoms with Gasteiger partial charge in [0.25, 0.3) is 0 Å². The summed E-state index contributed by atoms with van der Waals surface area (Å²) in [6.07, 6.45) is 3.38. The number of anilines is 1. The van der Waals surface area contributed by atoms with E-state index in [1.54, 1.807) is 30.3 Å². The maximum absolute atomic E-state index is 12.0. The van der Waals surface area contributed by atoms with Gasteiger partial charge in [-0.2, -0.15) is 0 Å². The van der Waals surface area contributed by atoms with Crippen LogP contribution in [-0.2, 0) is 4.79 Å². The van der Waals surface area contributed by atoms with Crippen molar-refractivity contribution in [2.75, 3.05) is 11.9 Å². The molecule has 2 aromatic carbocycles. The number of benzene rings is 2. The molecule has 7 nitrogen and oxygen atoms in total. The first-order valence-corrected chi connectivity index (χ1v) is 9.86. The van der Waals surface area contributed by atoms with E-state index in [0.717, 1.165) is 18.4 Å². The Bertz CT molecular complexity index is 878. The fourth-order valence-corrected chi connectivity index (χ4v) is 3.53. The molecular weight excluding hydrogens is 368 g/mol. The summed E-state index contributed by atoms with van der Waals surface area (Å²) in [5.74, 6) is 0.00710. The molecule has 1 saturated carbocycles. The highest BCUT2D eigenvalue weighted by Gasteiger charge is 2.28. The molecule has 7 N–H and O–H groups in total. The second-order valence-corrected chi connectivity index (χ2v) is 7.39. The molecule has 2 atom stereocenters. The quantitative estimate of drug-likeness (QED) is 0.326. The van der Waals surface area contributed by atoms with Crippen LogP contribution in [0.1, 0.15) is 55.0 Å². The Morgan fingerprint density at radius 1 is 1.24 bits per heavy atom. The second-order valence-electron chi connectivity index (χ2n) is 7.39. The summed E-state index contributed by atoms with van der Waals surface area (Å²) in [4.78, 5) is 12.0. The third kappa shape index (κ3) is 4.86. The van der Waals surface area contributed by atoms with Crippen LogP contribution in [0.3, 0.4) is 0 Å². The van der Waals surface area contributed by atoms with Crippen molar-refractivity contribution in [2.45, 2.75) is 38.3 Å². The van der Waals surface area contributed by atoms with Crippen LogP contribution < -0.4 is 21.5 Å². The molecule has 0 bridgehead atoms. The van der Waals surface area contributed by atoms with Gasteiger partial charge < -0.3 is 26.6 Å². The van der Waals surface area contributed by atoms with Crippen molar-refractivity contribution >= 4 is 17.5 Å². The average molecular weight is 396 g/mol. The molecule has 1 fully saturated rings. The zero-order chi connectivity index (χ0) is 21.0. The minimum absolute atomic E-state index is 0.0367. The molecule has 0 heterocycles. The van der Waals surface area contributed by atoms with Gasteiger partial charge in [-0.3, -0.25) is 5.41 Å². The minimum Gasteiger partial charge on any atom is -0.494 e. The van der Waals surface area contributed by atoms with Crippen LogP contribution in [-0.4, -0.2) is 23.5 Å². The first kappa shape index (κ1) is 20.7. The summed E-state index contributed by atoms with van der Waals surface area (Å²) in [5, 5.41) is 20.4. The van der Waals surface area contributed by atoms with E-state index >= 15 is 0 Å². The van der Waals surface area contributed by atoms with Gasteiger partial charge in [0.05, 0.1) is 6.61 Å². The molecule has 29 heavy (non-hydrogen) atoms. The number of aliphatic carboxylic acids is 1. The van der Waals surface area contributed by atoms with Crippen LogP contribution in [0.25, 0.3) is 0 Å². The topological polar surface area (TPSA) is 134 Å². The lowest BCUT2D eigenvalue weighted by Crippen LogP contribution is -2.27. The van der Waals surface area contributed by atoms with Gasteiger partial charge in [-0.15, -0.1) is 0 Å². The molecule has 1 aliphatic carbocycles. The van der Waals surface area contributed by atoms with Crippen LogP contribution in [0.4, 0.5) is 5.69 Å². The third-order valence-electron chi connectivity index (χ3n) is 5.39. The Balaban J connectivity index is 1.91. The largest absolute Gasteiger partial charge is 0.494 e. The first-order chi connectivity index (χ1) is 13.9. The van der Waals surface area contributed by atoms with E-state index < -0.39 is 12.0 Å². The highest BCUT2D eigenvalue weighted by Crippen LogP contribution is 2.38. The number of carboxylic acid groups (broad SMARTS) is 1. The molecule has 0 saturated heterocycles. The van der Waals surface area contributed by atoms with Gasteiger partial charge >= 0.3 is 5.97 Å². The van der Waals surface area contributed by atoms with Crippen LogP contribution in [0.15, 0.2) is 42.5 Å². The Morgan fingerprint density at radius 3 is 2.41 bits per heavy atom. The standard InChI is InChI=1S/C22H28N4O3/c1-2-29-18-11-15(19(23)13-4-3-5-13)10-16(12-18)20(22(27)28)26-17-8-6-14(7-9-17)21(24)25/h6-13,19-20,26H,2-5,23H2,1H3,(H3,24,25)(H,27,28). The van der Waals surface area contributed by atoms with Gasteiger partial charge in [-0.1, -0.05) is 12.5 Å². The number of ether oxygens (including phenoxy) is 1. The van der Waals surface area contributed by atoms with Gasteiger partial charge in [0.1, 0.15) is 11.6 Å². The molecule has 2 aromatic rings. The Morgan fingerprint density at radius 2 is 1.90 bits per heavy atom. The van der Waals surface area contributed by atoms with Crippen molar-refractivity contribution in [3.05, 3.63) is 59.2 Å². The predicted octanol–water partition coefficient (Wildman–Crippen LogP) is 3.41. The van der Waals surface area contributed by atoms with E-state index in [0.29, 0.717) is 35.1 Å². The van der Waals surface area contributed by atoms with E-state index in [2.05, 4.69) is 5.32 Å². The number of rotatable bonds is 9. The van der Waals surface area contributed by atoms with Gasteiger partial charge in [0, 0.05) is 17.3 Å². The lowest BCUT2D eigenvalue weighted by molar-refractivity contribution is -0.138. The summed E-state index contributed by atoms with van der Waals surface area (Å²) < 4.78 is 5.68. The van der Waals surface area contributed by atoms with Gasteiger partial charge in [0.15, 0.2) is 6.04 Å². The van der Waals surface area contributed by atoms with Crippen molar-refractivity contribution in [3.63, 3.8) is 0 Å². The molecule has 1 aliphatic rings. The molecule has 2 unspecified atom stereocenters. The minimum atomic E-state index is -1.00. The molecule has 3 rings (SSSR count). The lowest BCUT2D eigenvalue weighted by atomic mass is 9.77. The van der Waals surface area contributed by atoms with Crippen molar-refractivity contribution in [1.29, 1.82) is 5.41 Å². The molecule has 0 radical (unpaired) electrons. The van der Waals surface area contributed by atoms with Crippen LogP contribution in [0, 0.1) is 11.3 Å². The fourth-order valence-electron chi connectivity index (χ4n) is 3.53. The van der Waals surface area contributed by atoms with E-state index in [-0.39, 0.29) is 11.9 Å². The van der Waals surface area contributed by atoms with Crippen molar-refractivity contribution < 1.29 is 14.6 Å². The summed E-state index contributed by atoms with van der Waals surface area (Å²) in [6, 6.07) is 11.2. The highest BCUT2D eigenvalue weighted by molar-refractivity contribution is 5.95. The van der Waals surface area contributed by atoms with Crippen LogP contribution in [0.5, 0.6) is 5.75 Å². The Hall–Kier alpha value is -3.06. The van der Waals surface area contributed by atoms with E-state index in [4.69, 9.17) is 21.6 Å². The molecule has 0 spiro atoms. The number of carboxylic acids is 1. The summed E-state index contributed by atoms with van der Waals surface area (Å²) >= 11 is 0. The summed E-state index contributed by atoms with van der Waals surface area (Å²) in [5.41, 5.74) is 14.6. The molecule has 7 heteroatoms. The smallest absolute Gasteiger partial charge is 0.330 e. The van der Waals surface area contributed by atoms with Crippen molar-refractivity contribution in [1.82, 2.24) is 0 Å². The summed E-state index contributed by atoms with van der Waals surface area (Å²) in [6.45, 7) is 2.38. The number of hydrogen-bond donors (Lipinski definition) is 5. The number of carbonyl (C=O) groups is 1. The number of hydrogen-bond acceptors (Lipinski definition) is 5. The van der Waals surface area contributed by atoms with Gasteiger partial charge in [-0.25, -0.2) is 4.79 Å². The molecule has 0 amide bonds. The number of amidine groups is 1. The van der Waals surface area contributed by atoms with E-state index in [9.17, 15) is 9.90 Å². The van der Waals surface area contributed by atoms with Crippen LogP contribution >= 0.6 is 0 Å². The Kier molecular flexibility index (Phi) is 6.39. The maximum atomic E-state index is 12.0. The number of nitrogen functional groups attached to an aromatic ring is 1. The second kappa shape index (κ2) is 8.96. The predicted molar refractivity (Wildman–Crippen MR) is 113 cm³/mol. The number of nitrogens with two attached hydrogens (primary N) is 2. The van der Waals surface area contributed by atoms with Gasteiger partial charge in [-0.05, 0) is 73.2 Å². The highest BCUT2D eigenvalue weighted by atomic mass is 16.5. The third-order valence-corrected chi connectivity index (χ3v) is 5.39. The van der Waals surface area contributed by atoms with Gasteiger partial charge in [0.2, 0.25) is 0 Å². The first-order valence-electron chi connectivity index (χ1n) is 9.86. The molecule has 0 aliphatic heterocycles. The zero-order valence-electron chi connectivity index (χ0n) is 16.5. The molecule has 0 aromatic heterocycles. The number of nitrogens with one attached hydrogen (secondary N) is 2. The summed E-state index contributed by atoms with van der Waals surface area (Å²) in [7, 11) is 0. The lowest BCUT2D eigenvalue weighted by Gasteiger charge is -2.32. The fraction of sp³-hybridized carbons (Fsp3) is 0.364. The van der Waals surface area contributed by atoms with Crippen LogP contribution in [0.2, 0.25) is 0 Å². The van der Waals surface area contributed by atoms with E-state index in [1.165, 1.54) is 6.42 Å².